The highest BCUT2D eigenvalue weighted by atomic mass is 16.5. The molecule has 2 aliphatic rings. The summed E-state index contributed by atoms with van der Waals surface area (Å²) in [7, 11) is 0. The third-order valence-electron chi connectivity index (χ3n) is 3.61. The molecule has 0 spiro atoms. The lowest BCUT2D eigenvalue weighted by Gasteiger charge is -2.20. The number of nitrogens with zero attached hydrogens (tertiary/aromatic N) is 2. The van der Waals surface area contributed by atoms with Crippen LogP contribution in [0.3, 0.4) is 0 Å². The lowest BCUT2D eigenvalue weighted by Crippen LogP contribution is -2.34. The molecule has 0 saturated carbocycles. The first-order valence-corrected chi connectivity index (χ1v) is 6.81. The van der Waals surface area contributed by atoms with Gasteiger partial charge < -0.3 is 19.3 Å². The van der Waals surface area contributed by atoms with E-state index in [4.69, 9.17) is 14.0 Å². The fourth-order valence-electron chi connectivity index (χ4n) is 2.54. The molecule has 1 atom stereocenters. The normalized spacial score (nSPS) is 21.5. The summed E-state index contributed by atoms with van der Waals surface area (Å²) in [6.45, 7) is 2.85. The zero-order valence-electron chi connectivity index (χ0n) is 11.0. The van der Waals surface area contributed by atoms with E-state index in [1.54, 1.807) is 0 Å². The van der Waals surface area contributed by atoms with Gasteiger partial charge in [0.25, 0.3) is 0 Å². The minimum absolute atomic E-state index is 0.0113. The molecule has 1 saturated heterocycles. The van der Waals surface area contributed by atoms with Gasteiger partial charge in [-0.2, -0.15) is 4.98 Å². The van der Waals surface area contributed by atoms with Crippen LogP contribution in [0.1, 0.15) is 17.5 Å². The number of hydrogen-bond donors (Lipinski definition) is 1. The van der Waals surface area contributed by atoms with E-state index in [9.17, 15) is 0 Å². The van der Waals surface area contributed by atoms with E-state index in [1.165, 1.54) is 5.56 Å². The molecule has 2 aliphatic heterocycles. The van der Waals surface area contributed by atoms with Gasteiger partial charge in [-0.15, -0.1) is 0 Å². The fourth-order valence-corrected chi connectivity index (χ4v) is 2.54. The lowest BCUT2D eigenvalue weighted by atomic mass is 10.1. The number of hydrogen-bond acceptors (Lipinski definition) is 6. The van der Waals surface area contributed by atoms with E-state index in [2.05, 4.69) is 21.5 Å². The number of ether oxygens (including phenoxy) is 2. The Morgan fingerprint density at radius 2 is 2.25 bits per heavy atom. The molecule has 1 N–H and O–H groups in total. The first kappa shape index (κ1) is 11.9. The van der Waals surface area contributed by atoms with E-state index >= 15 is 0 Å². The van der Waals surface area contributed by atoms with Crippen molar-refractivity contribution < 1.29 is 14.0 Å². The molecule has 0 radical (unpaired) electrons. The van der Waals surface area contributed by atoms with E-state index in [0.29, 0.717) is 18.3 Å². The van der Waals surface area contributed by atoms with Crippen LogP contribution in [0.2, 0.25) is 0 Å². The van der Waals surface area contributed by atoms with Crippen LogP contribution in [0.5, 0.6) is 5.75 Å². The maximum atomic E-state index is 5.50. The van der Waals surface area contributed by atoms with Crippen molar-refractivity contribution in [1.29, 1.82) is 0 Å². The topological polar surface area (TPSA) is 69.4 Å². The van der Waals surface area contributed by atoms with E-state index in [0.717, 1.165) is 37.5 Å². The van der Waals surface area contributed by atoms with Crippen LogP contribution in [-0.4, -0.2) is 36.5 Å². The van der Waals surface area contributed by atoms with Crippen molar-refractivity contribution >= 4 is 0 Å². The average molecular weight is 273 g/mol. The molecule has 6 heteroatoms. The second kappa shape index (κ2) is 4.88. The minimum atomic E-state index is -0.0113. The Hall–Kier alpha value is -1.92. The predicted molar refractivity (Wildman–Crippen MR) is 70.5 cm³/mol. The Morgan fingerprint density at radius 3 is 3.15 bits per heavy atom. The number of fused-ring (bicyclic) bond motifs is 1. The van der Waals surface area contributed by atoms with Crippen molar-refractivity contribution in [2.45, 2.75) is 12.5 Å². The molecule has 1 aromatic heterocycles. The second-order valence-electron chi connectivity index (χ2n) is 4.96. The number of rotatable bonds is 2. The van der Waals surface area contributed by atoms with Crippen LogP contribution in [0.25, 0.3) is 11.4 Å². The number of nitrogens with one attached hydrogen (secondary N) is 1. The predicted octanol–water partition coefficient (Wildman–Crippen LogP) is 1.33. The van der Waals surface area contributed by atoms with Gasteiger partial charge in [-0.1, -0.05) is 5.16 Å². The average Bonchev–Trinajstić information content (AvgIpc) is 3.16. The molecule has 0 bridgehead atoms. The van der Waals surface area contributed by atoms with Crippen LogP contribution in [0, 0.1) is 0 Å². The highest BCUT2D eigenvalue weighted by Crippen LogP contribution is 2.29. The zero-order valence-corrected chi connectivity index (χ0v) is 11.0. The summed E-state index contributed by atoms with van der Waals surface area (Å²) in [6.07, 6.45) is 0.936. The molecule has 1 aromatic carbocycles. The first-order valence-electron chi connectivity index (χ1n) is 6.81. The molecule has 1 fully saturated rings. The summed E-state index contributed by atoms with van der Waals surface area (Å²) in [5, 5.41) is 7.37. The summed E-state index contributed by atoms with van der Waals surface area (Å²) in [4.78, 5) is 4.47. The van der Waals surface area contributed by atoms with Gasteiger partial charge in [-0.25, -0.2) is 0 Å². The van der Waals surface area contributed by atoms with Crippen molar-refractivity contribution in [3.63, 3.8) is 0 Å². The molecular formula is C14H15N3O3. The first-order chi connectivity index (χ1) is 9.90. The van der Waals surface area contributed by atoms with Gasteiger partial charge in [0, 0.05) is 18.5 Å². The lowest BCUT2D eigenvalue weighted by molar-refractivity contribution is 0.0659. The molecular weight excluding hydrogens is 258 g/mol. The molecule has 4 rings (SSSR count). The third kappa shape index (κ3) is 2.07. The van der Waals surface area contributed by atoms with E-state index < -0.39 is 0 Å². The molecule has 0 amide bonds. The van der Waals surface area contributed by atoms with Crippen molar-refractivity contribution in [2.75, 3.05) is 26.4 Å². The third-order valence-corrected chi connectivity index (χ3v) is 3.61. The summed E-state index contributed by atoms with van der Waals surface area (Å²) in [5.41, 5.74) is 2.16. The molecule has 2 aromatic rings. The molecule has 20 heavy (non-hydrogen) atoms. The van der Waals surface area contributed by atoms with Gasteiger partial charge in [0.2, 0.25) is 11.7 Å². The summed E-state index contributed by atoms with van der Waals surface area (Å²) < 4.78 is 16.2. The Morgan fingerprint density at radius 1 is 1.25 bits per heavy atom. The standard InChI is InChI=1S/C14H15N3O3/c1-2-12-9(3-5-19-12)7-10(1)13-16-14(20-17-13)11-8-18-6-4-15-11/h1-2,7,11,15H,3-6,8H2. The van der Waals surface area contributed by atoms with Crippen LogP contribution in [0.15, 0.2) is 22.7 Å². The van der Waals surface area contributed by atoms with Gasteiger partial charge >= 0.3 is 0 Å². The van der Waals surface area contributed by atoms with Gasteiger partial charge in [0.1, 0.15) is 11.8 Å². The molecule has 3 heterocycles. The van der Waals surface area contributed by atoms with Gasteiger partial charge in [-0.3, -0.25) is 0 Å². The summed E-state index contributed by atoms with van der Waals surface area (Å²) in [5.74, 6) is 2.15. The Labute approximate surface area is 116 Å². The fraction of sp³-hybridized carbons (Fsp3) is 0.429. The van der Waals surface area contributed by atoms with Crippen LogP contribution >= 0.6 is 0 Å². The Kier molecular flexibility index (Phi) is 2.90. The van der Waals surface area contributed by atoms with E-state index in [1.807, 2.05) is 12.1 Å². The van der Waals surface area contributed by atoms with Crippen molar-refractivity contribution in [3.05, 3.63) is 29.7 Å². The zero-order chi connectivity index (χ0) is 13.4. The van der Waals surface area contributed by atoms with Crippen molar-refractivity contribution in [2.24, 2.45) is 0 Å². The smallest absolute Gasteiger partial charge is 0.246 e. The van der Waals surface area contributed by atoms with Gasteiger partial charge in [0.05, 0.1) is 19.8 Å². The van der Waals surface area contributed by atoms with Gasteiger partial charge in [-0.05, 0) is 23.8 Å². The monoisotopic (exact) mass is 273 g/mol. The summed E-state index contributed by atoms with van der Waals surface area (Å²) >= 11 is 0. The highest BCUT2D eigenvalue weighted by molar-refractivity contribution is 5.59. The van der Waals surface area contributed by atoms with Gasteiger partial charge in [0.15, 0.2) is 0 Å². The van der Waals surface area contributed by atoms with Crippen LogP contribution in [0.4, 0.5) is 0 Å². The maximum Gasteiger partial charge on any atom is 0.246 e. The van der Waals surface area contributed by atoms with Crippen LogP contribution in [-0.2, 0) is 11.2 Å². The summed E-state index contributed by atoms with van der Waals surface area (Å²) in [6, 6.07) is 5.99. The van der Waals surface area contributed by atoms with Crippen molar-refractivity contribution in [3.8, 4) is 17.1 Å². The minimum Gasteiger partial charge on any atom is -0.493 e. The second-order valence-corrected chi connectivity index (χ2v) is 4.96. The molecule has 1 unspecified atom stereocenters. The molecule has 6 nitrogen and oxygen atoms in total. The Balaban J connectivity index is 1.61. The largest absolute Gasteiger partial charge is 0.493 e. The Bertz CT molecular complexity index is 620. The number of morpholine rings is 1. The maximum absolute atomic E-state index is 5.50. The molecule has 104 valence electrons. The van der Waals surface area contributed by atoms with Crippen LogP contribution < -0.4 is 10.1 Å². The number of benzene rings is 1. The SMILES string of the molecule is c1cc2c(cc1-c1noc(C3COCCN3)n1)CCO2. The van der Waals surface area contributed by atoms with Crippen molar-refractivity contribution in [1.82, 2.24) is 15.5 Å². The highest BCUT2D eigenvalue weighted by Gasteiger charge is 2.22. The number of aromatic nitrogens is 2. The quantitative estimate of drug-likeness (QED) is 0.890. The van der Waals surface area contributed by atoms with E-state index in [-0.39, 0.29) is 6.04 Å². The molecule has 0 aliphatic carbocycles.